The fourth-order valence-electron chi connectivity index (χ4n) is 0.764. The van der Waals surface area contributed by atoms with Gasteiger partial charge >= 0.3 is 6.18 Å². The molecule has 0 N–H and O–H groups in total. The minimum absolute atomic E-state index is 0.0167. The van der Waals surface area contributed by atoms with Crippen LogP contribution in [0.25, 0.3) is 0 Å². The summed E-state index contributed by atoms with van der Waals surface area (Å²) in [5.41, 5.74) is -0.914. The summed E-state index contributed by atoms with van der Waals surface area (Å²) in [6.07, 6.45) is -3.83. The van der Waals surface area contributed by atoms with E-state index in [4.69, 9.17) is 34.8 Å². The third-order valence-corrected chi connectivity index (χ3v) is 2.12. The zero-order chi connectivity index (χ0) is 10.9. The number of alkyl halides is 5. The fraction of sp³-hybridized carbons (Fsp3) is 0.286. The predicted molar refractivity (Wildman–Crippen MR) is 48.7 cm³/mol. The average molecular weight is 264 g/mol. The van der Waals surface area contributed by atoms with E-state index in [1.54, 1.807) is 0 Å². The first-order chi connectivity index (χ1) is 6.32. The van der Waals surface area contributed by atoms with Crippen LogP contribution >= 0.6 is 34.8 Å². The molecule has 0 radical (unpaired) electrons. The third-order valence-electron chi connectivity index (χ3n) is 1.40. The molecule has 0 unspecified atom stereocenters. The highest BCUT2D eigenvalue weighted by Gasteiger charge is 2.31. The van der Waals surface area contributed by atoms with Gasteiger partial charge < -0.3 is 0 Å². The van der Waals surface area contributed by atoms with E-state index in [9.17, 15) is 13.2 Å². The van der Waals surface area contributed by atoms with Crippen molar-refractivity contribution in [1.82, 2.24) is 4.98 Å². The number of rotatable bonds is 1. The largest absolute Gasteiger partial charge is 0.417 e. The zero-order valence-corrected chi connectivity index (χ0v) is 8.71. The van der Waals surface area contributed by atoms with Crippen molar-refractivity contribution < 1.29 is 13.2 Å². The van der Waals surface area contributed by atoms with Crippen molar-refractivity contribution >= 4 is 34.8 Å². The Morgan fingerprint density at radius 1 is 1.29 bits per heavy atom. The van der Waals surface area contributed by atoms with E-state index in [0.717, 1.165) is 6.07 Å². The van der Waals surface area contributed by atoms with Crippen LogP contribution in [0.4, 0.5) is 13.2 Å². The highest BCUT2D eigenvalue weighted by molar-refractivity contribution is 6.45. The Labute approximate surface area is 92.8 Å². The Balaban J connectivity index is 3.13. The molecule has 78 valence electrons. The molecule has 0 amide bonds. The van der Waals surface area contributed by atoms with Crippen molar-refractivity contribution in [1.29, 1.82) is 0 Å². The van der Waals surface area contributed by atoms with Crippen LogP contribution < -0.4 is 0 Å². The van der Waals surface area contributed by atoms with E-state index in [-0.39, 0.29) is 10.7 Å². The SMILES string of the molecule is FC(F)(F)c1cnc(C(Cl)Cl)c(Cl)c1. The van der Waals surface area contributed by atoms with Gasteiger partial charge in [-0.05, 0) is 6.07 Å². The Bertz CT molecular complexity index is 337. The van der Waals surface area contributed by atoms with Crippen LogP contribution in [0.15, 0.2) is 12.3 Å². The molecule has 1 rings (SSSR count). The Morgan fingerprint density at radius 2 is 1.86 bits per heavy atom. The first kappa shape index (κ1) is 11.9. The quantitative estimate of drug-likeness (QED) is 0.692. The van der Waals surface area contributed by atoms with E-state index < -0.39 is 16.6 Å². The van der Waals surface area contributed by atoms with Crippen LogP contribution in [0.1, 0.15) is 16.1 Å². The first-order valence-corrected chi connectivity index (χ1v) is 4.58. The lowest BCUT2D eigenvalue weighted by molar-refractivity contribution is -0.137. The Kier molecular flexibility index (Phi) is 3.50. The minimum atomic E-state index is -4.47. The van der Waals surface area contributed by atoms with Crippen LogP contribution in [-0.4, -0.2) is 4.98 Å². The molecule has 0 saturated heterocycles. The van der Waals surface area contributed by atoms with Gasteiger partial charge in [-0.1, -0.05) is 34.8 Å². The number of aromatic nitrogens is 1. The lowest BCUT2D eigenvalue weighted by Crippen LogP contribution is -2.06. The molecule has 1 aromatic rings. The molecular formula is C7H3Cl3F3N. The zero-order valence-electron chi connectivity index (χ0n) is 6.45. The van der Waals surface area contributed by atoms with Crippen LogP contribution in [0.3, 0.4) is 0 Å². The predicted octanol–water partition coefficient (Wildman–Crippen LogP) is 4.23. The van der Waals surface area contributed by atoms with Crippen LogP contribution in [0, 0.1) is 0 Å². The molecule has 0 atom stereocenters. The van der Waals surface area contributed by atoms with E-state index in [1.165, 1.54) is 0 Å². The molecule has 0 fully saturated rings. The molecule has 1 heterocycles. The van der Waals surface area contributed by atoms with Crippen molar-refractivity contribution in [2.45, 2.75) is 11.0 Å². The van der Waals surface area contributed by atoms with Crippen LogP contribution in [-0.2, 0) is 6.18 Å². The lowest BCUT2D eigenvalue weighted by atomic mass is 10.2. The summed E-state index contributed by atoms with van der Waals surface area (Å²) in [5, 5.41) is -0.199. The normalized spacial score (nSPS) is 12.2. The van der Waals surface area contributed by atoms with Crippen molar-refractivity contribution in [2.75, 3.05) is 0 Å². The van der Waals surface area contributed by atoms with Gasteiger partial charge in [-0.25, -0.2) is 0 Å². The summed E-state index contributed by atoms with van der Waals surface area (Å²) < 4.78 is 36.4. The van der Waals surface area contributed by atoms with Crippen molar-refractivity contribution in [3.05, 3.63) is 28.5 Å². The minimum Gasteiger partial charge on any atom is -0.256 e. The number of halogens is 6. The Hall–Kier alpha value is -0.190. The Morgan fingerprint density at radius 3 is 2.21 bits per heavy atom. The second kappa shape index (κ2) is 4.13. The summed E-state index contributed by atoms with van der Waals surface area (Å²) in [4.78, 5) is 2.39. The van der Waals surface area contributed by atoms with Gasteiger partial charge in [0.05, 0.1) is 16.3 Å². The number of nitrogens with zero attached hydrogens (tertiary/aromatic N) is 1. The summed E-state index contributed by atoms with van der Waals surface area (Å²) in [7, 11) is 0. The van der Waals surface area contributed by atoms with Crippen LogP contribution in [0.5, 0.6) is 0 Å². The third kappa shape index (κ3) is 2.65. The molecule has 14 heavy (non-hydrogen) atoms. The molecule has 0 spiro atoms. The molecule has 0 bridgehead atoms. The van der Waals surface area contributed by atoms with E-state index >= 15 is 0 Å². The van der Waals surface area contributed by atoms with Gasteiger partial charge in [0.1, 0.15) is 0 Å². The smallest absolute Gasteiger partial charge is 0.256 e. The van der Waals surface area contributed by atoms with E-state index in [0.29, 0.717) is 6.20 Å². The van der Waals surface area contributed by atoms with Crippen molar-refractivity contribution in [3.8, 4) is 0 Å². The maximum absolute atomic E-state index is 12.1. The maximum atomic E-state index is 12.1. The van der Waals surface area contributed by atoms with Gasteiger partial charge in [0.15, 0.2) is 4.84 Å². The summed E-state index contributed by atoms with van der Waals surface area (Å²) >= 11 is 16.3. The molecule has 0 aliphatic carbocycles. The average Bonchev–Trinajstić information content (AvgIpc) is 2.01. The highest BCUT2D eigenvalue weighted by Crippen LogP contribution is 2.34. The highest BCUT2D eigenvalue weighted by atomic mass is 35.5. The second-order valence-corrected chi connectivity index (χ2v) is 3.89. The molecule has 0 saturated carbocycles. The van der Waals surface area contributed by atoms with Crippen molar-refractivity contribution in [2.24, 2.45) is 0 Å². The van der Waals surface area contributed by atoms with Crippen LogP contribution in [0.2, 0.25) is 5.02 Å². The van der Waals surface area contributed by atoms with Gasteiger partial charge in [-0.3, -0.25) is 4.98 Å². The number of hydrogen-bond donors (Lipinski definition) is 0. The number of hydrogen-bond acceptors (Lipinski definition) is 1. The molecule has 1 aromatic heterocycles. The molecule has 1 nitrogen and oxygen atoms in total. The molecule has 0 aliphatic heterocycles. The van der Waals surface area contributed by atoms with E-state index in [2.05, 4.69) is 4.98 Å². The first-order valence-electron chi connectivity index (χ1n) is 3.33. The molecular weight excluding hydrogens is 261 g/mol. The van der Waals surface area contributed by atoms with Gasteiger partial charge in [-0.15, -0.1) is 0 Å². The lowest BCUT2D eigenvalue weighted by Gasteiger charge is -2.09. The summed E-state index contributed by atoms with van der Waals surface area (Å²) in [5.74, 6) is 0. The molecule has 0 aliphatic rings. The van der Waals surface area contributed by atoms with Gasteiger partial charge in [0, 0.05) is 6.20 Å². The van der Waals surface area contributed by atoms with E-state index in [1.807, 2.05) is 0 Å². The monoisotopic (exact) mass is 263 g/mol. The maximum Gasteiger partial charge on any atom is 0.417 e. The summed E-state index contributed by atoms with van der Waals surface area (Å²) in [6.45, 7) is 0. The standard InChI is InChI=1S/C7H3Cl3F3N/c8-4-1-3(7(11,12)13)2-14-5(4)6(9)10/h1-2,6H. The second-order valence-electron chi connectivity index (χ2n) is 2.39. The van der Waals surface area contributed by atoms with Gasteiger partial charge in [0.25, 0.3) is 0 Å². The van der Waals surface area contributed by atoms with Gasteiger partial charge in [-0.2, -0.15) is 13.2 Å². The molecule has 7 heteroatoms. The van der Waals surface area contributed by atoms with Gasteiger partial charge in [0.2, 0.25) is 0 Å². The van der Waals surface area contributed by atoms with Crippen molar-refractivity contribution in [3.63, 3.8) is 0 Å². The molecule has 0 aromatic carbocycles. The topological polar surface area (TPSA) is 12.9 Å². The fourth-order valence-corrected chi connectivity index (χ4v) is 1.50. The number of pyridine rings is 1. The summed E-state index contributed by atoms with van der Waals surface area (Å²) in [6, 6.07) is 0.738.